The highest BCUT2D eigenvalue weighted by Crippen LogP contribution is 2.33. The van der Waals surface area contributed by atoms with Crippen LogP contribution in [0.2, 0.25) is 0 Å². The molecule has 1 fully saturated rings. The highest BCUT2D eigenvalue weighted by Gasteiger charge is 2.25. The SMILES string of the molecule is Nc1nc2cc(Br)ccc2c(NC2CC[C@H](O)C2)c1F. The number of benzene rings is 1. The molecule has 1 unspecified atom stereocenters. The van der Waals surface area contributed by atoms with Crippen LogP contribution in [0.4, 0.5) is 15.9 Å². The Morgan fingerprint density at radius 2 is 2.20 bits per heavy atom. The first-order valence-corrected chi connectivity index (χ1v) is 7.32. The van der Waals surface area contributed by atoms with Crippen LogP contribution >= 0.6 is 15.9 Å². The third kappa shape index (κ3) is 2.45. The van der Waals surface area contributed by atoms with Crippen LogP contribution < -0.4 is 11.1 Å². The fraction of sp³-hybridized carbons (Fsp3) is 0.357. The van der Waals surface area contributed by atoms with Gasteiger partial charge >= 0.3 is 0 Å². The van der Waals surface area contributed by atoms with Gasteiger partial charge in [-0.2, -0.15) is 0 Å². The van der Waals surface area contributed by atoms with E-state index in [1.807, 2.05) is 12.1 Å². The molecule has 0 radical (unpaired) electrons. The van der Waals surface area contributed by atoms with Gasteiger partial charge in [-0.05, 0) is 37.5 Å². The van der Waals surface area contributed by atoms with E-state index >= 15 is 0 Å². The number of halogens is 2. The quantitative estimate of drug-likeness (QED) is 0.786. The van der Waals surface area contributed by atoms with Crippen molar-refractivity contribution < 1.29 is 9.50 Å². The number of hydrogen-bond donors (Lipinski definition) is 3. The molecule has 4 nitrogen and oxygen atoms in total. The van der Waals surface area contributed by atoms with Crippen LogP contribution in [0.3, 0.4) is 0 Å². The topological polar surface area (TPSA) is 71.2 Å². The summed E-state index contributed by atoms with van der Waals surface area (Å²) in [6, 6.07) is 5.52. The molecule has 3 rings (SSSR count). The predicted octanol–water partition coefficient (Wildman–Crippen LogP) is 3.04. The maximum Gasteiger partial charge on any atom is 0.188 e. The summed E-state index contributed by atoms with van der Waals surface area (Å²) in [7, 11) is 0. The lowest BCUT2D eigenvalue weighted by atomic mass is 10.1. The molecule has 0 amide bonds. The van der Waals surface area contributed by atoms with Gasteiger partial charge < -0.3 is 16.2 Å². The number of nitrogens with zero attached hydrogens (tertiary/aromatic N) is 1. The van der Waals surface area contributed by atoms with Gasteiger partial charge in [0.25, 0.3) is 0 Å². The van der Waals surface area contributed by atoms with Crippen molar-refractivity contribution in [2.45, 2.75) is 31.4 Å². The molecule has 0 saturated heterocycles. The summed E-state index contributed by atoms with van der Waals surface area (Å²) < 4.78 is 15.1. The largest absolute Gasteiger partial charge is 0.393 e. The predicted molar refractivity (Wildman–Crippen MR) is 81.1 cm³/mol. The molecule has 4 N–H and O–H groups in total. The molecule has 2 atom stereocenters. The maximum atomic E-state index is 14.3. The number of fused-ring (bicyclic) bond motifs is 1. The molecule has 1 saturated carbocycles. The second-order valence-electron chi connectivity index (χ2n) is 5.16. The molecule has 2 aromatic rings. The number of nitrogen functional groups attached to an aromatic ring is 1. The Labute approximate surface area is 124 Å². The van der Waals surface area contributed by atoms with Crippen LogP contribution in [0, 0.1) is 5.82 Å². The van der Waals surface area contributed by atoms with E-state index in [2.05, 4.69) is 26.2 Å². The first-order valence-electron chi connectivity index (χ1n) is 6.53. The van der Waals surface area contributed by atoms with Crippen LogP contribution in [-0.4, -0.2) is 22.2 Å². The summed E-state index contributed by atoms with van der Waals surface area (Å²) in [6.45, 7) is 0. The monoisotopic (exact) mass is 339 g/mol. The number of aliphatic hydroxyl groups excluding tert-OH is 1. The van der Waals surface area contributed by atoms with Gasteiger partial charge in [0.05, 0.1) is 17.3 Å². The van der Waals surface area contributed by atoms with Gasteiger partial charge in [-0.25, -0.2) is 9.37 Å². The Kier molecular flexibility index (Phi) is 3.52. The molecule has 1 aliphatic carbocycles. The Morgan fingerprint density at radius 1 is 1.40 bits per heavy atom. The van der Waals surface area contributed by atoms with E-state index in [1.54, 1.807) is 6.07 Å². The second kappa shape index (κ2) is 5.18. The minimum absolute atomic E-state index is 0.0631. The smallest absolute Gasteiger partial charge is 0.188 e. The average Bonchev–Trinajstić information content (AvgIpc) is 2.80. The molecule has 6 heteroatoms. The van der Waals surface area contributed by atoms with Crippen molar-refractivity contribution in [1.82, 2.24) is 4.98 Å². The standard InChI is InChI=1S/C14H15BrFN3O/c15-7-1-4-10-11(5-7)19-14(17)12(16)13(10)18-8-2-3-9(20)6-8/h1,4-5,8-9,20H,2-3,6H2,(H3,17,18,19)/t8?,9-/m0/s1. The van der Waals surface area contributed by atoms with Crippen LogP contribution in [0.15, 0.2) is 22.7 Å². The number of pyridine rings is 1. The molecule has 0 spiro atoms. The zero-order valence-electron chi connectivity index (χ0n) is 10.7. The number of nitrogens with one attached hydrogen (secondary N) is 1. The van der Waals surface area contributed by atoms with E-state index in [-0.39, 0.29) is 18.0 Å². The third-order valence-electron chi connectivity index (χ3n) is 3.67. The Bertz CT molecular complexity index is 664. The molecule has 1 aliphatic rings. The van der Waals surface area contributed by atoms with E-state index in [0.717, 1.165) is 17.3 Å². The van der Waals surface area contributed by atoms with E-state index in [9.17, 15) is 9.50 Å². The molecule has 1 aromatic carbocycles. The van der Waals surface area contributed by atoms with Crippen molar-refractivity contribution >= 4 is 38.3 Å². The van der Waals surface area contributed by atoms with Gasteiger partial charge in [0.2, 0.25) is 0 Å². The molecule has 1 aromatic heterocycles. The summed E-state index contributed by atoms with van der Waals surface area (Å²) >= 11 is 3.37. The summed E-state index contributed by atoms with van der Waals surface area (Å²) in [4.78, 5) is 4.07. The van der Waals surface area contributed by atoms with Crippen LogP contribution in [-0.2, 0) is 0 Å². The van der Waals surface area contributed by atoms with E-state index in [4.69, 9.17) is 5.73 Å². The number of aromatic nitrogens is 1. The van der Waals surface area contributed by atoms with Crippen LogP contribution in [0.5, 0.6) is 0 Å². The summed E-state index contributed by atoms with van der Waals surface area (Å²) in [5, 5.41) is 13.4. The lowest BCUT2D eigenvalue weighted by Crippen LogP contribution is -2.18. The number of hydrogen-bond acceptors (Lipinski definition) is 4. The molecule has 20 heavy (non-hydrogen) atoms. The lowest BCUT2D eigenvalue weighted by Gasteiger charge is -2.17. The fourth-order valence-electron chi connectivity index (χ4n) is 2.67. The zero-order chi connectivity index (χ0) is 14.3. The second-order valence-corrected chi connectivity index (χ2v) is 6.07. The minimum atomic E-state index is -0.527. The van der Waals surface area contributed by atoms with Gasteiger partial charge in [-0.3, -0.25) is 0 Å². The van der Waals surface area contributed by atoms with Gasteiger partial charge in [-0.15, -0.1) is 0 Å². The van der Waals surface area contributed by atoms with E-state index in [1.165, 1.54) is 0 Å². The maximum absolute atomic E-state index is 14.3. The van der Waals surface area contributed by atoms with Crippen molar-refractivity contribution in [3.05, 3.63) is 28.5 Å². The van der Waals surface area contributed by atoms with Crippen molar-refractivity contribution in [1.29, 1.82) is 0 Å². The molecule has 106 valence electrons. The fourth-order valence-corrected chi connectivity index (χ4v) is 3.02. The summed E-state index contributed by atoms with van der Waals surface area (Å²) in [5.41, 5.74) is 6.66. The van der Waals surface area contributed by atoms with Crippen LogP contribution in [0.25, 0.3) is 10.9 Å². The van der Waals surface area contributed by atoms with Crippen LogP contribution in [0.1, 0.15) is 19.3 Å². The minimum Gasteiger partial charge on any atom is -0.393 e. The zero-order valence-corrected chi connectivity index (χ0v) is 12.3. The lowest BCUT2D eigenvalue weighted by molar-refractivity contribution is 0.182. The Balaban J connectivity index is 2.05. The molecule has 1 heterocycles. The normalized spacial score (nSPS) is 22.4. The molecular weight excluding hydrogens is 325 g/mol. The molecular formula is C14H15BrFN3O. The number of aliphatic hydroxyl groups is 1. The van der Waals surface area contributed by atoms with Crippen molar-refractivity contribution in [2.75, 3.05) is 11.1 Å². The highest BCUT2D eigenvalue weighted by molar-refractivity contribution is 9.10. The van der Waals surface area contributed by atoms with E-state index in [0.29, 0.717) is 23.0 Å². The first-order chi connectivity index (χ1) is 9.54. The van der Waals surface area contributed by atoms with Gasteiger partial charge in [0, 0.05) is 15.9 Å². The summed E-state index contributed by atoms with van der Waals surface area (Å²) in [5.74, 6) is -0.641. The molecule has 0 bridgehead atoms. The summed E-state index contributed by atoms with van der Waals surface area (Å²) in [6.07, 6.45) is 1.87. The van der Waals surface area contributed by atoms with Crippen molar-refractivity contribution in [3.63, 3.8) is 0 Å². The first kappa shape index (κ1) is 13.6. The third-order valence-corrected chi connectivity index (χ3v) is 4.16. The van der Waals surface area contributed by atoms with Crippen molar-refractivity contribution in [2.24, 2.45) is 0 Å². The van der Waals surface area contributed by atoms with Gasteiger partial charge in [0.15, 0.2) is 11.6 Å². The number of rotatable bonds is 2. The average molecular weight is 340 g/mol. The Morgan fingerprint density at radius 3 is 2.90 bits per heavy atom. The number of anilines is 2. The van der Waals surface area contributed by atoms with E-state index < -0.39 is 5.82 Å². The van der Waals surface area contributed by atoms with Gasteiger partial charge in [-0.1, -0.05) is 15.9 Å². The number of nitrogens with two attached hydrogens (primary N) is 1. The highest BCUT2D eigenvalue weighted by atomic mass is 79.9. The molecule has 0 aliphatic heterocycles. The Hall–Kier alpha value is -1.40. The van der Waals surface area contributed by atoms with Gasteiger partial charge in [0.1, 0.15) is 0 Å². The van der Waals surface area contributed by atoms with Crippen molar-refractivity contribution in [3.8, 4) is 0 Å².